The molecule has 1 aromatic rings. The standard InChI is InChI=1S/C15H25FN2/c1-2-3-4-5-6-7-8-9-15(17)13-10-14(16)12-18-11-13/h10-12,15H,2-9,17H2,1H3. The lowest BCUT2D eigenvalue weighted by atomic mass is 10.0. The molecule has 102 valence electrons. The van der Waals surface area contributed by atoms with E-state index in [1.165, 1.54) is 50.8 Å². The van der Waals surface area contributed by atoms with Crippen LogP contribution in [0.2, 0.25) is 0 Å². The van der Waals surface area contributed by atoms with Crippen LogP contribution in [0.3, 0.4) is 0 Å². The van der Waals surface area contributed by atoms with Gasteiger partial charge in [0.05, 0.1) is 6.20 Å². The van der Waals surface area contributed by atoms with Gasteiger partial charge in [-0.3, -0.25) is 4.98 Å². The fraction of sp³-hybridized carbons (Fsp3) is 0.667. The van der Waals surface area contributed by atoms with Gasteiger partial charge < -0.3 is 5.73 Å². The maximum atomic E-state index is 13.0. The zero-order valence-electron chi connectivity index (χ0n) is 11.4. The van der Waals surface area contributed by atoms with Crippen LogP contribution in [-0.2, 0) is 0 Å². The second-order valence-electron chi connectivity index (χ2n) is 4.95. The largest absolute Gasteiger partial charge is 0.324 e. The molecule has 1 unspecified atom stereocenters. The topological polar surface area (TPSA) is 38.9 Å². The van der Waals surface area contributed by atoms with Crippen molar-refractivity contribution in [1.82, 2.24) is 4.98 Å². The zero-order valence-corrected chi connectivity index (χ0v) is 11.4. The molecule has 2 N–H and O–H groups in total. The van der Waals surface area contributed by atoms with Crippen LogP contribution in [0.4, 0.5) is 4.39 Å². The van der Waals surface area contributed by atoms with Crippen LogP contribution in [0.25, 0.3) is 0 Å². The summed E-state index contributed by atoms with van der Waals surface area (Å²) in [4.78, 5) is 3.83. The van der Waals surface area contributed by atoms with Gasteiger partial charge in [0.25, 0.3) is 0 Å². The summed E-state index contributed by atoms with van der Waals surface area (Å²) in [7, 11) is 0. The molecule has 0 amide bonds. The van der Waals surface area contributed by atoms with Crippen LogP contribution < -0.4 is 5.73 Å². The van der Waals surface area contributed by atoms with Crippen LogP contribution >= 0.6 is 0 Å². The first kappa shape index (κ1) is 15.1. The van der Waals surface area contributed by atoms with Crippen LogP contribution in [-0.4, -0.2) is 4.98 Å². The van der Waals surface area contributed by atoms with Gasteiger partial charge in [0, 0.05) is 12.2 Å². The molecule has 0 aliphatic heterocycles. The Hall–Kier alpha value is -0.960. The summed E-state index contributed by atoms with van der Waals surface area (Å²) in [6.07, 6.45) is 12.7. The van der Waals surface area contributed by atoms with E-state index in [0.717, 1.165) is 18.4 Å². The van der Waals surface area contributed by atoms with E-state index in [0.29, 0.717) is 0 Å². The number of aromatic nitrogens is 1. The summed E-state index contributed by atoms with van der Waals surface area (Å²) in [5, 5.41) is 0. The molecular formula is C15H25FN2. The minimum atomic E-state index is -0.303. The minimum Gasteiger partial charge on any atom is -0.324 e. The lowest BCUT2D eigenvalue weighted by molar-refractivity contribution is 0.537. The molecule has 0 saturated heterocycles. The van der Waals surface area contributed by atoms with Gasteiger partial charge in [0.1, 0.15) is 5.82 Å². The first-order valence-corrected chi connectivity index (χ1v) is 7.10. The number of nitrogens with zero attached hydrogens (tertiary/aromatic N) is 1. The molecule has 0 aliphatic carbocycles. The highest BCUT2D eigenvalue weighted by atomic mass is 19.1. The minimum absolute atomic E-state index is 0.0798. The highest BCUT2D eigenvalue weighted by Crippen LogP contribution is 2.18. The Morgan fingerprint density at radius 3 is 2.44 bits per heavy atom. The van der Waals surface area contributed by atoms with Crippen LogP contribution in [0.5, 0.6) is 0 Å². The van der Waals surface area contributed by atoms with E-state index in [4.69, 9.17) is 5.73 Å². The van der Waals surface area contributed by atoms with E-state index in [2.05, 4.69) is 11.9 Å². The summed E-state index contributed by atoms with van der Waals surface area (Å²) in [6.45, 7) is 2.23. The lowest BCUT2D eigenvalue weighted by Crippen LogP contribution is -2.10. The third-order valence-electron chi connectivity index (χ3n) is 3.27. The molecule has 3 heteroatoms. The van der Waals surface area contributed by atoms with Crippen molar-refractivity contribution in [2.45, 2.75) is 64.3 Å². The molecule has 0 saturated carbocycles. The number of halogens is 1. The van der Waals surface area contributed by atoms with Crippen molar-refractivity contribution in [2.24, 2.45) is 5.73 Å². The van der Waals surface area contributed by atoms with Gasteiger partial charge in [-0.05, 0) is 18.1 Å². The highest BCUT2D eigenvalue weighted by molar-refractivity contribution is 5.14. The summed E-state index contributed by atoms with van der Waals surface area (Å²) in [5.74, 6) is -0.303. The van der Waals surface area contributed by atoms with Crippen LogP contribution in [0.15, 0.2) is 18.5 Å². The quantitative estimate of drug-likeness (QED) is 0.663. The van der Waals surface area contributed by atoms with Gasteiger partial charge >= 0.3 is 0 Å². The van der Waals surface area contributed by atoms with Crippen LogP contribution in [0.1, 0.15) is 69.9 Å². The van der Waals surface area contributed by atoms with Crippen molar-refractivity contribution in [3.63, 3.8) is 0 Å². The first-order valence-electron chi connectivity index (χ1n) is 7.10. The first-order chi connectivity index (χ1) is 8.74. The van der Waals surface area contributed by atoms with E-state index in [1.807, 2.05) is 0 Å². The van der Waals surface area contributed by atoms with Gasteiger partial charge in [0.2, 0.25) is 0 Å². The zero-order chi connectivity index (χ0) is 13.2. The second kappa shape index (κ2) is 9.03. The normalized spacial score (nSPS) is 12.6. The molecule has 1 heterocycles. The van der Waals surface area contributed by atoms with E-state index < -0.39 is 0 Å². The Kier molecular flexibility index (Phi) is 7.58. The Morgan fingerprint density at radius 1 is 1.11 bits per heavy atom. The fourth-order valence-corrected chi connectivity index (χ4v) is 2.12. The average Bonchev–Trinajstić information content (AvgIpc) is 2.37. The van der Waals surface area contributed by atoms with Gasteiger partial charge in [-0.1, -0.05) is 51.9 Å². The lowest BCUT2D eigenvalue weighted by Gasteiger charge is -2.11. The van der Waals surface area contributed by atoms with Gasteiger partial charge in [-0.2, -0.15) is 0 Å². The average molecular weight is 252 g/mol. The van der Waals surface area contributed by atoms with Crippen molar-refractivity contribution < 1.29 is 4.39 Å². The molecule has 18 heavy (non-hydrogen) atoms. The maximum Gasteiger partial charge on any atom is 0.141 e. The smallest absolute Gasteiger partial charge is 0.141 e. The SMILES string of the molecule is CCCCCCCCCC(N)c1cncc(F)c1. The van der Waals surface area contributed by atoms with Crippen molar-refractivity contribution >= 4 is 0 Å². The third-order valence-corrected chi connectivity index (χ3v) is 3.27. The van der Waals surface area contributed by atoms with E-state index in [-0.39, 0.29) is 11.9 Å². The van der Waals surface area contributed by atoms with Crippen LogP contribution in [0, 0.1) is 5.82 Å². The van der Waals surface area contributed by atoms with Crippen molar-refractivity contribution in [2.75, 3.05) is 0 Å². The Balaban J connectivity index is 2.12. The van der Waals surface area contributed by atoms with E-state index in [9.17, 15) is 4.39 Å². The molecule has 0 fully saturated rings. The van der Waals surface area contributed by atoms with E-state index in [1.54, 1.807) is 6.20 Å². The van der Waals surface area contributed by atoms with Gasteiger partial charge in [0.15, 0.2) is 0 Å². The van der Waals surface area contributed by atoms with Gasteiger partial charge in [-0.25, -0.2) is 4.39 Å². The number of hydrogen-bond donors (Lipinski definition) is 1. The molecule has 1 atom stereocenters. The number of rotatable bonds is 9. The monoisotopic (exact) mass is 252 g/mol. The van der Waals surface area contributed by atoms with Crippen molar-refractivity contribution in [1.29, 1.82) is 0 Å². The molecule has 2 nitrogen and oxygen atoms in total. The molecule has 0 radical (unpaired) electrons. The summed E-state index contributed by atoms with van der Waals surface area (Å²) >= 11 is 0. The molecule has 0 bridgehead atoms. The second-order valence-corrected chi connectivity index (χ2v) is 4.95. The summed E-state index contributed by atoms with van der Waals surface area (Å²) < 4.78 is 13.0. The summed E-state index contributed by atoms with van der Waals surface area (Å²) in [5.41, 5.74) is 6.83. The summed E-state index contributed by atoms with van der Waals surface area (Å²) in [6, 6.07) is 1.41. The molecule has 0 spiro atoms. The molecular weight excluding hydrogens is 227 g/mol. The Labute approximate surface area is 110 Å². The highest BCUT2D eigenvalue weighted by Gasteiger charge is 2.06. The van der Waals surface area contributed by atoms with Gasteiger partial charge in [-0.15, -0.1) is 0 Å². The molecule has 1 rings (SSSR count). The predicted octanol–water partition coefficient (Wildman–Crippen LogP) is 4.36. The number of unbranched alkanes of at least 4 members (excludes halogenated alkanes) is 6. The maximum absolute atomic E-state index is 13.0. The number of hydrogen-bond acceptors (Lipinski definition) is 2. The van der Waals surface area contributed by atoms with Crippen molar-refractivity contribution in [3.8, 4) is 0 Å². The Bertz CT molecular complexity index is 328. The predicted molar refractivity (Wildman–Crippen MR) is 73.7 cm³/mol. The third kappa shape index (κ3) is 6.10. The molecule has 0 aliphatic rings. The van der Waals surface area contributed by atoms with Crippen molar-refractivity contribution in [3.05, 3.63) is 29.8 Å². The Morgan fingerprint density at radius 2 is 1.78 bits per heavy atom. The van der Waals surface area contributed by atoms with E-state index >= 15 is 0 Å². The number of nitrogens with two attached hydrogens (primary N) is 1. The molecule has 0 aromatic carbocycles. The molecule has 1 aromatic heterocycles. The fourth-order valence-electron chi connectivity index (χ4n) is 2.12. The number of pyridine rings is 1.